The van der Waals surface area contributed by atoms with Crippen LogP contribution in [0.3, 0.4) is 0 Å². The van der Waals surface area contributed by atoms with E-state index in [1.807, 2.05) is 42.5 Å². The third-order valence-corrected chi connectivity index (χ3v) is 3.84. The minimum absolute atomic E-state index is 0.313. The van der Waals surface area contributed by atoms with E-state index >= 15 is 0 Å². The maximum absolute atomic E-state index is 9.53. The first-order valence-corrected chi connectivity index (χ1v) is 8.01. The predicted octanol–water partition coefficient (Wildman–Crippen LogP) is 4.04. The number of nitrogens with zero attached hydrogens (tertiary/aromatic N) is 1. The van der Waals surface area contributed by atoms with E-state index < -0.39 is 6.10 Å². The van der Waals surface area contributed by atoms with Crippen LogP contribution in [0.4, 0.5) is 0 Å². The second-order valence-corrected chi connectivity index (χ2v) is 5.99. The first-order valence-electron chi connectivity index (χ1n) is 7.63. The molecule has 0 saturated carbocycles. The lowest BCUT2D eigenvalue weighted by Crippen LogP contribution is -2.11. The van der Waals surface area contributed by atoms with Crippen molar-refractivity contribution in [1.29, 1.82) is 0 Å². The summed E-state index contributed by atoms with van der Waals surface area (Å²) < 4.78 is 11.2. The molecule has 1 N–H and O–H groups in total. The Kier molecular flexibility index (Phi) is 4.88. The minimum atomic E-state index is -0.513. The van der Waals surface area contributed by atoms with Gasteiger partial charge in [0.15, 0.2) is 0 Å². The molecule has 1 atom stereocenters. The van der Waals surface area contributed by atoms with Gasteiger partial charge in [0.1, 0.15) is 17.1 Å². The molecular formula is C19H18ClNO3. The van der Waals surface area contributed by atoms with E-state index in [1.54, 1.807) is 20.1 Å². The van der Waals surface area contributed by atoms with E-state index in [0.29, 0.717) is 22.9 Å². The lowest BCUT2D eigenvalue weighted by atomic mass is 10.1. The zero-order valence-corrected chi connectivity index (χ0v) is 14.2. The number of methoxy groups -OCH3 is 1. The Morgan fingerprint density at radius 3 is 2.58 bits per heavy atom. The zero-order valence-electron chi connectivity index (χ0n) is 13.5. The summed E-state index contributed by atoms with van der Waals surface area (Å²) in [5.74, 6) is 1.47. The number of aliphatic hydroxyl groups is 1. The summed E-state index contributed by atoms with van der Waals surface area (Å²) in [5, 5.41) is 11.7. The number of rotatable bonds is 4. The maximum atomic E-state index is 9.53. The van der Waals surface area contributed by atoms with E-state index in [2.05, 4.69) is 4.99 Å². The van der Waals surface area contributed by atoms with Crippen LogP contribution in [0.25, 0.3) is 22.3 Å². The SMILES string of the molecule is COc1ccc(-c2cc(=NCC(C)O)c3cc(Cl)ccc3o2)cc1. The van der Waals surface area contributed by atoms with Gasteiger partial charge >= 0.3 is 0 Å². The number of benzene rings is 2. The molecule has 24 heavy (non-hydrogen) atoms. The molecule has 0 bridgehead atoms. The maximum Gasteiger partial charge on any atom is 0.136 e. The van der Waals surface area contributed by atoms with Crippen LogP contribution >= 0.6 is 11.6 Å². The number of hydrogen-bond acceptors (Lipinski definition) is 4. The smallest absolute Gasteiger partial charge is 0.136 e. The highest BCUT2D eigenvalue weighted by Crippen LogP contribution is 2.25. The Morgan fingerprint density at radius 1 is 1.17 bits per heavy atom. The summed E-state index contributed by atoms with van der Waals surface area (Å²) in [5.41, 5.74) is 1.61. The van der Waals surface area contributed by atoms with Gasteiger partial charge in [0.05, 0.1) is 25.1 Å². The molecule has 5 heteroatoms. The summed E-state index contributed by atoms with van der Waals surface area (Å²) >= 11 is 6.10. The highest BCUT2D eigenvalue weighted by atomic mass is 35.5. The Balaban J connectivity index is 2.18. The molecule has 0 aliphatic rings. The third kappa shape index (κ3) is 3.61. The third-order valence-electron chi connectivity index (χ3n) is 3.61. The molecule has 3 rings (SSSR count). The quantitative estimate of drug-likeness (QED) is 0.777. The van der Waals surface area contributed by atoms with Crippen molar-refractivity contribution >= 4 is 22.6 Å². The van der Waals surface area contributed by atoms with Gasteiger partial charge in [-0.05, 0) is 49.4 Å². The topological polar surface area (TPSA) is 55.0 Å². The lowest BCUT2D eigenvalue weighted by Gasteiger charge is -2.07. The van der Waals surface area contributed by atoms with Gasteiger partial charge in [-0.15, -0.1) is 0 Å². The summed E-state index contributed by atoms with van der Waals surface area (Å²) in [6.07, 6.45) is -0.513. The van der Waals surface area contributed by atoms with Crippen LogP contribution in [0.2, 0.25) is 5.02 Å². The first kappa shape index (κ1) is 16.6. The Morgan fingerprint density at radius 2 is 1.92 bits per heavy atom. The van der Waals surface area contributed by atoms with E-state index in [9.17, 15) is 5.11 Å². The van der Waals surface area contributed by atoms with Gasteiger partial charge in [-0.25, -0.2) is 0 Å². The van der Waals surface area contributed by atoms with E-state index in [-0.39, 0.29) is 0 Å². The molecule has 0 fully saturated rings. The van der Waals surface area contributed by atoms with Crippen LogP contribution in [0.1, 0.15) is 6.92 Å². The summed E-state index contributed by atoms with van der Waals surface area (Å²) in [4.78, 5) is 4.50. The van der Waals surface area contributed by atoms with Gasteiger partial charge in [-0.3, -0.25) is 4.99 Å². The van der Waals surface area contributed by atoms with Crippen LogP contribution in [-0.2, 0) is 0 Å². The molecule has 124 valence electrons. The standard InChI is InChI=1S/C19H18ClNO3/c1-12(22)11-21-17-10-19(13-3-6-15(23-2)7-4-13)24-18-8-5-14(20)9-16(17)18/h3-10,12,22H,11H2,1-2H3. The van der Waals surface area contributed by atoms with Gasteiger partial charge in [0.25, 0.3) is 0 Å². The number of ether oxygens (including phenoxy) is 1. The number of hydrogen-bond donors (Lipinski definition) is 1. The summed E-state index contributed by atoms with van der Waals surface area (Å²) in [6, 6.07) is 14.9. The highest BCUT2D eigenvalue weighted by Gasteiger charge is 2.07. The molecule has 0 aliphatic heterocycles. The number of halogens is 1. The van der Waals surface area contributed by atoms with Crippen LogP contribution < -0.4 is 10.1 Å². The van der Waals surface area contributed by atoms with E-state index in [4.69, 9.17) is 20.8 Å². The molecule has 1 unspecified atom stereocenters. The van der Waals surface area contributed by atoms with Crippen molar-refractivity contribution in [3.63, 3.8) is 0 Å². The average molecular weight is 344 g/mol. The van der Waals surface area contributed by atoms with Crippen molar-refractivity contribution in [2.24, 2.45) is 4.99 Å². The predicted molar refractivity (Wildman–Crippen MR) is 95.3 cm³/mol. The second-order valence-electron chi connectivity index (χ2n) is 5.55. The van der Waals surface area contributed by atoms with Crippen molar-refractivity contribution in [3.8, 4) is 17.1 Å². The van der Waals surface area contributed by atoms with E-state index in [0.717, 1.165) is 22.1 Å². The molecule has 2 aromatic carbocycles. The van der Waals surface area contributed by atoms with Gasteiger partial charge in [-0.1, -0.05) is 11.6 Å². The van der Waals surface area contributed by atoms with Crippen molar-refractivity contribution in [2.45, 2.75) is 13.0 Å². The van der Waals surface area contributed by atoms with Crippen LogP contribution in [0, 0.1) is 0 Å². The second kappa shape index (κ2) is 7.07. The van der Waals surface area contributed by atoms with Gasteiger partial charge in [0.2, 0.25) is 0 Å². The van der Waals surface area contributed by atoms with E-state index in [1.165, 1.54) is 0 Å². The van der Waals surface area contributed by atoms with Crippen molar-refractivity contribution in [1.82, 2.24) is 0 Å². The molecular weight excluding hydrogens is 326 g/mol. The fraction of sp³-hybridized carbons (Fsp3) is 0.211. The van der Waals surface area contributed by atoms with Crippen molar-refractivity contribution in [2.75, 3.05) is 13.7 Å². The van der Waals surface area contributed by atoms with Crippen LogP contribution in [0.15, 0.2) is 57.9 Å². The molecule has 1 heterocycles. The molecule has 0 aliphatic carbocycles. The summed E-state index contributed by atoms with van der Waals surface area (Å²) in [6.45, 7) is 2.02. The van der Waals surface area contributed by atoms with Gasteiger partial charge < -0.3 is 14.3 Å². The van der Waals surface area contributed by atoms with Crippen LogP contribution in [-0.4, -0.2) is 24.9 Å². The molecule has 0 saturated heterocycles. The lowest BCUT2D eigenvalue weighted by molar-refractivity contribution is 0.203. The highest BCUT2D eigenvalue weighted by molar-refractivity contribution is 6.31. The van der Waals surface area contributed by atoms with Gasteiger partial charge in [-0.2, -0.15) is 0 Å². The Labute approximate surface area is 145 Å². The zero-order chi connectivity index (χ0) is 17.1. The average Bonchev–Trinajstić information content (AvgIpc) is 2.59. The minimum Gasteiger partial charge on any atom is -0.497 e. The number of aliphatic hydroxyl groups excluding tert-OH is 1. The first-order chi connectivity index (χ1) is 11.6. The van der Waals surface area contributed by atoms with Gasteiger partial charge in [0, 0.05) is 22.0 Å². The molecule has 0 radical (unpaired) electrons. The van der Waals surface area contributed by atoms with Crippen LogP contribution in [0.5, 0.6) is 5.75 Å². The molecule has 0 amide bonds. The van der Waals surface area contributed by atoms with Crippen molar-refractivity contribution < 1.29 is 14.3 Å². The Hall–Kier alpha value is -2.30. The number of fused-ring (bicyclic) bond motifs is 1. The fourth-order valence-corrected chi connectivity index (χ4v) is 2.57. The Bertz CT molecular complexity index is 914. The largest absolute Gasteiger partial charge is 0.497 e. The van der Waals surface area contributed by atoms with Crippen molar-refractivity contribution in [3.05, 3.63) is 58.9 Å². The molecule has 4 nitrogen and oxygen atoms in total. The molecule has 1 aromatic heterocycles. The fourth-order valence-electron chi connectivity index (χ4n) is 2.40. The monoisotopic (exact) mass is 343 g/mol. The molecule has 3 aromatic rings. The normalized spacial score (nSPS) is 13.2. The molecule has 0 spiro atoms. The summed E-state index contributed by atoms with van der Waals surface area (Å²) in [7, 11) is 1.63.